The molecule has 4 nitrogen and oxygen atoms in total. The Balaban J connectivity index is 2.19. The van der Waals surface area contributed by atoms with Gasteiger partial charge in [0.05, 0.1) is 15.7 Å². The van der Waals surface area contributed by atoms with Gasteiger partial charge >= 0.3 is 6.61 Å². The average Bonchev–Trinajstić information content (AvgIpc) is 2.44. The van der Waals surface area contributed by atoms with Crippen LogP contribution in [0.25, 0.3) is 0 Å². The highest BCUT2D eigenvalue weighted by molar-refractivity contribution is 6.39. The van der Waals surface area contributed by atoms with Crippen LogP contribution in [0.15, 0.2) is 36.4 Å². The van der Waals surface area contributed by atoms with Gasteiger partial charge in [0.2, 0.25) is 0 Å². The Hall–Kier alpha value is -2.05. The molecular formula is C14H10Cl2F2N2O2. The molecule has 1 amide bonds. The minimum Gasteiger partial charge on any atom is -0.435 e. The van der Waals surface area contributed by atoms with Crippen molar-refractivity contribution < 1.29 is 18.3 Å². The lowest BCUT2D eigenvalue weighted by Crippen LogP contribution is -2.12. The van der Waals surface area contributed by atoms with Gasteiger partial charge in [-0.3, -0.25) is 4.79 Å². The zero-order chi connectivity index (χ0) is 16.3. The maximum Gasteiger partial charge on any atom is 0.387 e. The van der Waals surface area contributed by atoms with Gasteiger partial charge in [0.25, 0.3) is 5.91 Å². The van der Waals surface area contributed by atoms with E-state index in [1.807, 2.05) is 0 Å². The van der Waals surface area contributed by atoms with Gasteiger partial charge < -0.3 is 15.8 Å². The SMILES string of the molecule is Nc1c(Cl)cc(NC(=O)c2cccc(OC(F)F)c2)cc1Cl. The van der Waals surface area contributed by atoms with E-state index >= 15 is 0 Å². The Labute approximate surface area is 134 Å². The number of amides is 1. The smallest absolute Gasteiger partial charge is 0.387 e. The molecule has 0 fully saturated rings. The number of nitrogens with two attached hydrogens (primary N) is 1. The second-order valence-corrected chi connectivity index (χ2v) is 5.03. The average molecular weight is 347 g/mol. The molecule has 0 atom stereocenters. The summed E-state index contributed by atoms with van der Waals surface area (Å²) in [5.74, 6) is -0.646. The molecule has 22 heavy (non-hydrogen) atoms. The summed E-state index contributed by atoms with van der Waals surface area (Å²) in [5.41, 5.74) is 6.27. The Morgan fingerprint density at radius 2 is 1.82 bits per heavy atom. The molecule has 0 saturated heterocycles. The molecule has 116 valence electrons. The van der Waals surface area contributed by atoms with E-state index < -0.39 is 12.5 Å². The molecule has 0 aliphatic carbocycles. The molecule has 8 heteroatoms. The maximum absolute atomic E-state index is 12.2. The second-order valence-electron chi connectivity index (χ2n) is 4.21. The quantitative estimate of drug-likeness (QED) is 0.805. The molecule has 2 aromatic carbocycles. The van der Waals surface area contributed by atoms with Crippen molar-refractivity contribution in [1.82, 2.24) is 0 Å². The molecule has 0 aromatic heterocycles. The molecule has 3 N–H and O–H groups in total. The number of ether oxygens (including phenoxy) is 1. The van der Waals surface area contributed by atoms with Crippen molar-refractivity contribution in [2.45, 2.75) is 6.61 Å². The van der Waals surface area contributed by atoms with Crippen LogP contribution in [0.1, 0.15) is 10.4 Å². The van der Waals surface area contributed by atoms with Gasteiger partial charge in [-0.05, 0) is 30.3 Å². The number of nitrogen functional groups attached to an aromatic ring is 1. The summed E-state index contributed by atoms with van der Waals surface area (Å²) in [6, 6.07) is 8.26. The summed E-state index contributed by atoms with van der Waals surface area (Å²) in [6.07, 6.45) is 0. The van der Waals surface area contributed by atoms with Gasteiger partial charge in [-0.25, -0.2) is 0 Å². The van der Waals surface area contributed by atoms with Crippen molar-refractivity contribution in [2.75, 3.05) is 11.1 Å². The first kappa shape index (κ1) is 16.3. The Morgan fingerprint density at radius 1 is 1.18 bits per heavy atom. The van der Waals surface area contributed by atoms with Crippen molar-refractivity contribution in [3.63, 3.8) is 0 Å². The van der Waals surface area contributed by atoms with Crippen LogP contribution in [-0.2, 0) is 0 Å². The molecule has 0 heterocycles. The summed E-state index contributed by atoms with van der Waals surface area (Å²) in [5, 5.41) is 2.93. The van der Waals surface area contributed by atoms with E-state index in [1.165, 1.54) is 36.4 Å². The maximum atomic E-state index is 12.2. The lowest BCUT2D eigenvalue weighted by molar-refractivity contribution is -0.0498. The first-order valence-electron chi connectivity index (χ1n) is 5.97. The van der Waals surface area contributed by atoms with Crippen molar-refractivity contribution in [3.05, 3.63) is 52.0 Å². The number of nitrogens with one attached hydrogen (secondary N) is 1. The summed E-state index contributed by atoms with van der Waals surface area (Å²) in [7, 11) is 0. The van der Waals surface area contributed by atoms with E-state index in [4.69, 9.17) is 28.9 Å². The lowest BCUT2D eigenvalue weighted by Gasteiger charge is -2.10. The van der Waals surface area contributed by atoms with Gasteiger partial charge in [-0.2, -0.15) is 8.78 Å². The molecule has 0 unspecified atom stereocenters. The number of alkyl halides is 2. The largest absolute Gasteiger partial charge is 0.435 e. The molecule has 0 saturated carbocycles. The zero-order valence-electron chi connectivity index (χ0n) is 10.9. The van der Waals surface area contributed by atoms with Crippen LogP contribution in [0.5, 0.6) is 5.75 Å². The predicted octanol–water partition coefficient (Wildman–Crippen LogP) is 4.43. The van der Waals surface area contributed by atoms with Crippen LogP contribution < -0.4 is 15.8 Å². The van der Waals surface area contributed by atoms with Crippen LogP contribution >= 0.6 is 23.2 Å². The minimum absolute atomic E-state index is 0.115. The first-order valence-corrected chi connectivity index (χ1v) is 6.73. The van der Waals surface area contributed by atoms with Crippen molar-refractivity contribution in [2.24, 2.45) is 0 Å². The van der Waals surface area contributed by atoms with Crippen LogP contribution in [0.4, 0.5) is 20.2 Å². The highest BCUT2D eigenvalue weighted by atomic mass is 35.5. The fourth-order valence-electron chi connectivity index (χ4n) is 1.67. The van der Waals surface area contributed by atoms with Gasteiger partial charge in [0.1, 0.15) is 5.75 Å². The van der Waals surface area contributed by atoms with Gasteiger partial charge in [-0.15, -0.1) is 0 Å². The molecular weight excluding hydrogens is 337 g/mol. The molecule has 0 aliphatic heterocycles. The minimum atomic E-state index is -2.96. The number of rotatable bonds is 4. The van der Waals surface area contributed by atoms with Crippen LogP contribution in [0.2, 0.25) is 10.0 Å². The highest BCUT2D eigenvalue weighted by Gasteiger charge is 2.11. The van der Waals surface area contributed by atoms with Gasteiger partial charge in [0, 0.05) is 11.3 Å². The molecule has 0 radical (unpaired) electrons. The van der Waals surface area contributed by atoms with E-state index in [1.54, 1.807) is 0 Å². The van der Waals surface area contributed by atoms with E-state index in [0.29, 0.717) is 5.69 Å². The van der Waals surface area contributed by atoms with Gasteiger partial charge in [-0.1, -0.05) is 29.3 Å². The Morgan fingerprint density at radius 3 is 2.41 bits per heavy atom. The number of carbonyl (C=O) groups excluding carboxylic acids is 1. The molecule has 2 rings (SSSR count). The lowest BCUT2D eigenvalue weighted by atomic mass is 10.2. The predicted molar refractivity (Wildman–Crippen MR) is 81.9 cm³/mol. The highest BCUT2D eigenvalue weighted by Crippen LogP contribution is 2.31. The molecule has 0 spiro atoms. The fourth-order valence-corrected chi connectivity index (χ4v) is 2.16. The van der Waals surface area contributed by atoms with E-state index in [0.717, 1.165) is 0 Å². The van der Waals surface area contributed by atoms with Crippen molar-refractivity contribution in [1.29, 1.82) is 0 Å². The van der Waals surface area contributed by atoms with E-state index in [-0.39, 0.29) is 27.0 Å². The van der Waals surface area contributed by atoms with E-state index in [9.17, 15) is 13.6 Å². The van der Waals surface area contributed by atoms with Crippen LogP contribution in [-0.4, -0.2) is 12.5 Å². The summed E-state index contributed by atoms with van der Waals surface area (Å²) in [4.78, 5) is 12.1. The number of hydrogen-bond donors (Lipinski definition) is 2. The molecule has 0 bridgehead atoms. The zero-order valence-corrected chi connectivity index (χ0v) is 12.5. The monoisotopic (exact) mass is 346 g/mol. The third-order valence-corrected chi connectivity index (χ3v) is 3.28. The summed E-state index contributed by atoms with van der Waals surface area (Å²) >= 11 is 11.7. The number of benzene rings is 2. The Bertz CT molecular complexity index is 688. The Kier molecular flexibility index (Phi) is 5.05. The number of carbonyl (C=O) groups is 1. The summed E-state index contributed by atoms with van der Waals surface area (Å²) < 4.78 is 28.6. The van der Waals surface area contributed by atoms with Crippen molar-refractivity contribution >= 4 is 40.5 Å². The summed E-state index contributed by atoms with van der Waals surface area (Å²) in [6.45, 7) is -2.96. The third kappa shape index (κ3) is 3.99. The van der Waals surface area contributed by atoms with Crippen LogP contribution in [0, 0.1) is 0 Å². The number of halogens is 4. The van der Waals surface area contributed by atoms with Crippen LogP contribution in [0.3, 0.4) is 0 Å². The third-order valence-electron chi connectivity index (χ3n) is 2.66. The number of anilines is 2. The standard InChI is InChI=1S/C14H10Cl2F2N2O2/c15-10-5-8(6-11(16)12(10)19)20-13(21)7-2-1-3-9(4-7)22-14(17)18/h1-6,14H,19H2,(H,20,21). The topological polar surface area (TPSA) is 64.3 Å². The molecule has 0 aliphatic rings. The van der Waals surface area contributed by atoms with Gasteiger partial charge in [0.15, 0.2) is 0 Å². The van der Waals surface area contributed by atoms with Crippen molar-refractivity contribution in [3.8, 4) is 5.75 Å². The first-order chi connectivity index (χ1) is 10.4. The van der Waals surface area contributed by atoms with E-state index in [2.05, 4.69) is 10.1 Å². The normalized spacial score (nSPS) is 10.6. The number of hydrogen-bond acceptors (Lipinski definition) is 3. The second kappa shape index (κ2) is 6.81. The molecule has 2 aromatic rings. The fraction of sp³-hybridized carbons (Fsp3) is 0.0714.